The van der Waals surface area contributed by atoms with Crippen LogP contribution in [0.1, 0.15) is 11.4 Å². The van der Waals surface area contributed by atoms with Crippen molar-refractivity contribution in [3.05, 3.63) is 64.9 Å². The first-order valence-corrected chi connectivity index (χ1v) is 6.08. The Morgan fingerprint density at radius 2 is 1.72 bits per heavy atom. The number of fused-ring (bicyclic) bond motifs is 1. The van der Waals surface area contributed by atoms with E-state index in [0.717, 1.165) is 27.4 Å². The molecule has 1 heterocycles. The average molecular weight is 255 g/mol. The zero-order valence-electron chi connectivity index (χ0n) is 9.60. The maximum atomic E-state index is 6.09. The van der Waals surface area contributed by atoms with Crippen LogP contribution in [0.15, 0.2) is 48.5 Å². The van der Waals surface area contributed by atoms with Crippen LogP contribution in [-0.2, 0) is 0 Å². The average Bonchev–Trinajstić information content (AvgIpc) is 2.80. The summed E-state index contributed by atoms with van der Waals surface area (Å²) in [5.74, 6) is 0.830. The Morgan fingerprint density at radius 1 is 0.944 bits per heavy atom. The minimum Gasteiger partial charge on any atom is -0.338 e. The van der Waals surface area contributed by atoms with Crippen molar-refractivity contribution in [1.29, 1.82) is 0 Å². The summed E-state index contributed by atoms with van der Waals surface area (Å²) in [4.78, 5) is 7.72. The van der Waals surface area contributed by atoms with Crippen LogP contribution in [0.4, 0.5) is 0 Å². The van der Waals surface area contributed by atoms with Crippen molar-refractivity contribution >= 4 is 34.8 Å². The molecule has 2 nitrogen and oxygen atoms in total. The number of hydrogen-bond acceptors (Lipinski definition) is 1. The highest BCUT2D eigenvalue weighted by molar-refractivity contribution is 6.32. The number of nitrogens with one attached hydrogen (secondary N) is 1. The van der Waals surface area contributed by atoms with E-state index in [4.69, 9.17) is 11.6 Å². The monoisotopic (exact) mass is 254 g/mol. The second-order valence-corrected chi connectivity index (χ2v) is 4.40. The van der Waals surface area contributed by atoms with Gasteiger partial charge in [-0.15, -0.1) is 0 Å². The van der Waals surface area contributed by atoms with Gasteiger partial charge in [0.1, 0.15) is 5.82 Å². The highest BCUT2D eigenvalue weighted by atomic mass is 35.5. The topological polar surface area (TPSA) is 28.7 Å². The number of hydrogen-bond donors (Lipinski definition) is 1. The summed E-state index contributed by atoms with van der Waals surface area (Å²) in [6.07, 6.45) is 3.89. The molecule has 0 aliphatic carbocycles. The van der Waals surface area contributed by atoms with Gasteiger partial charge in [-0.25, -0.2) is 4.98 Å². The molecule has 0 amide bonds. The lowest BCUT2D eigenvalue weighted by atomic mass is 10.2. The van der Waals surface area contributed by atoms with Gasteiger partial charge in [0, 0.05) is 5.02 Å². The molecule has 18 heavy (non-hydrogen) atoms. The first kappa shape index (κ1) is 11.1. The van der Waals surface area contributed by atoms with Gasteiger partial charge in [0.2, 0.25) is 0 Å². The lowest BCUT2D eigenvalue weighted by Crippen LogP contribution is -1.76. The van der Waals surface area contributed by atoms with E-state index in [0.29, 0.717) is 0 Å². The number of aromatic nitrogens is 2. The van der Waals surface area contributed by atoms with Crippen LogP contribution < -0.4 is 0 Å². The van der Waals surface area contributed by atoms with Gasteiger partial charge < -0.3 is 4.98 Å². The molecular formula is C15H11ClN2. The fraction of sp³-hybridized carbons (Fsp3) is 0. The Balaban J connectivity index is 1.95. The summed E-state index contributed by atoms with van der Waals surface area (Å²) in [6.45, 7) is 0. The molecule has 1 aromatic heterocycles. The molecule has 0 atom stereocenters. The van der Waals surface area contributed by atoms with E-state index in [1.165, 1.54) is 0 Å². The van der Waals surface area contributed by atoms with Crippen LogP contribution in [0.2, 0.25) is 5.02 Å². The Labute approximate surface area is 110 Å². The fourth-order valence-electron chi connectivity index (χ4n) is 1.83. The van der Waals surface area contributed by atoms with Crippen molar-refractivity contribution in [1.82, 2.24) is 9.97 Å². The molecule has 0 bridgehead atoms. The molecular weight excluding hydrogens is 244 g/mol. The minimum atomic E-state index is 0.741. The molecule has 88 valence electrons. The SMILES string of the molecule is Clc1ccccc1C=Cc1nc2ccccc2[nH]1. The number of para-hydroxylation sites is 2. The standard InChI is InChI=1S/C15H11ClN2/c16-12-6-2-1-5-11(12)9-10-15-17-13-7-3-4-8-14(13)18-15/h1-10H,(H,17,18). The quantitative estimate of drug-likeness (QED) is 0.722. The van der Waals surface area contributed by atoms with Gasteiger partial charge in [-0.2, -0.15) is 0 Å². The summed E-state index contributed by atoms with van der Waals surface area (Å²) in [6, 6.07) is 15.7. The molecule has 0 saturated carbocycles. The van der Waals surface area contributed by atoms with E-state index in [9.17, 15) is 0 Å². The van der Waals surface area contributed by atoms with Crippen LogP contribution >= 0.6 is 11.6 Å². The van der Waals surface area contributed by atoms with E-state index in [1.54, 1.807) is 0 Å². The zero-order chi connectivity index (χ0) is 12.4. The van der Waals surface area contributed by atoms with Crippen molar-refractivity contribution in [2.75, 3.05) is 0 Å². The summed E-state index contributed by atoms with van der Waals surface area (Å²) < 4.78 is 0. The molecule has 0 saturated heterocycles. The molecule has 3 aromatic rings. The van der Waals surface area contributed by atoms with Crippen molar-refractivity contribution < 1.29 is 0 Å². The number of H-pyrrole nitrogens is 1. The number of halogens is 1. The Kier molecular flexibility index (Phi) is 2.87. The Bertz CT molecular complexity index is 680. The van der Waals surface area contributed by atoms with Gasteiger partial charge in [-0.1, -0.05) is 41.9 Å². The van der Waals surface area contributed by atoms with E-state index < -0.39 is 0 Å². The second kappa shape index (κ2) is 4.67. The molecule has 2 aromatic carbocycles. The lowest BCUT2D eigenvalue weighted by molar-refractivity contribution is 1.29. The minimum absolute atomic E-state index is 0.741. The molecule has 0 unspecified atom stereocenters. The van der Waals surface area contributed by atoms with Crippen molar-refractivity contribution in [2.45, 2.75) is 0 Å². The maximum absolute atomic E-state index is 6.09. The van der Waals surface area contributed by atoms with Crippen LogP contribution in [0.25, 0.3) is 23.2 Å². The van der Waals surface area contributed by atoms with Gasteiger partial charge in [0.05, 0.1) is 11.0 Å². The normalized spacial score (nSPS) is 11.4. The zero-order valence-corrected chi connectivity index (χ0v) is 10.4. The second-order valence-electron chi connectivity index (χ2n) is 3.99. The highest BCUT2D eigenvalue weighted by Gasteiger charge is 1.98. The smallest absolute Gasteiger partial charge is 0.131 e. The van der Waals surface area contributed by atoms with Crippen molar-refractivity contribution in [3.8, 4) is 0 Å². The van der Waals surface area contributed by atoms with E-state index in [2.05, 4.69) is 9.97 Å². The predicted molar refractivity (Wildman–Crippen MR) is 76.5 cm³/mol. The van der Waals surface area contributed by atoms with Gasteiger partial charge in [-0.05, 0) is 35.9 Å². The molecule has 0 radical (unpaired) electrons. The largest absolute Gasteiger partial charge is 0.338 e. The molecule has 3 heteroatoms. The first-order chi connectivity index (χ1) is 8.83. The van der Waals surface area contributed by atoms with Gasteiger partial charge in [-0.3, -0.25) is 0 Å². The van der Waals surface area contributed by atoms with Crippen LogP contribution in [0.3, 0.4) is 0 Å². The van der Waals surface area contributed by atoms with Crippen LogP contribution in [-0.4, -0.2) is 9.97 Å². The Morgan fingerprint density at radius 3 is 2.56 bits per heavy atom. The summed E-state index contributed by atoms with van der Waals surface area (Å²) >= 11 is 6.09. The predicted octanol–water partition coefficient (Wildman–Crippen LogP) is 4.39. The number of nitrogens with zero attached hydrogens (tertiary/aromatic N) is 1. The van der Waals surface area contributed by atoms with Gasteiger partial charge in [0.15, 0.2) is 0 Å². The van der Waals surface area contributed by atoms with Gasteiger partial charge >= 0.3 is 0 Å². The van der Waals surface area contributed by atoms with Crippen LogP contribution in [0.5, 0.6) is 0 Å². The molecule has 3 rings (SSSR count). The third-order valence-corrected chi connectivity index (χ3v) is 3.08. The summed E-state index contributed by atoms with van der Waals surface area (Å²) in [7, 11) is 0. The Hall–Kier alpha value is -2.06. The summed E-state index contributed by atoms with van der Waals surface area (Å²) in [5.41, 5.74) is 2.99. The first-order valence-electron chi connectivity index (χ1n) is 5.70. The van der Waals surface area contributed by atoms with E-state index >= 15 is 0 Å². The van der Waals surface area contributed by atoms with Crippen molar-refractivity contribution in [3.63, 3.8) is 0 Å². The molecule has 0 fully saturated rings. The maximum Gasteiger partial charge on any atom is 0.131 e. The molecule has 1 N–H and O–H groups in total. The van der Waals surface area contributed by atoms with E-state index in [-0.39, 0.29) is 0 Å². The number of benzene rings is 2. The summed E-state index contributed by atoms with van der Waals surface area (Å²) in [5, 5.41) is 0.741. The number of rotatable bonds is 2. The third kappa shape index (κ3) is 2.15. The fourth-order valence-corrected chi connectivity index (χ4v) is 2.03. The van der Waals surface area contributed by atoms with Gasteiger partial charge in [0.25, 0.3) is 0 Å². The molecule has 0 spiro atoms. The molecule has 0 aliphatic rings. The number of aromatic amines is 1. The van der Waals surface area contributed by atoms with Crippen molar-refractivity contribution in [2.24, 2.45) is 0 Å². The number of imidazole rings is 1. The molecule has 0 aliphatic heterocycles. The van der Waals surface area contributed by atoms with E-state index in [1.807, 2.05) is 60.7 Å². The van der Waals surface area contributed by atoms with Crippen LogP contribution in [0, 0.1) is 0 Å². The lowest BCUT2D eigenvalue weighted by Gasteiger charge is -1.95. The highest BCUT2D eigenvalue weighted by Crippen LogP contribution is 2.18. The third-order valence-electron chi connectivity index (χ3n) is 2.73.